The van der Waals surface area contributed by atoms with Gasteiger partial charge in [-0.05, 0) is 43.5 Å². The van der Waals surface area contributed by atoms with Crippen LogP contribution in [-0.4, -0.2) is 53.2 Å². The lowest BCUT2D eigenvalue weighted by molar-refractivity contribution is -0.139. The zero-order valence-corrected chi connectivity index (χ0v) is 17.7. The molecule has 2 heterocycles. The number of ether oxygens (including phenoxy) is 2. The molecule has 4 rings (SSSR count). The molecule has 1 aliphatic carbocycles. The average molecular weight is 429 g/mol. The Kier molecular flexibility index (Phi) is 4.84. The zero-order chi connectivity index (χ0) is 22.7. The number of likely N-dealkylation sites (N-methyl/N-ethyl adjacent to an activating group) is 1. The van der Waals surface area contributed by atoms with E-state index in [-0.39, 0.29) is 29.5 Å². The number of carbonyl (C=O) groups excluding carboxylic acids is 5. The molecule has 2 aliphatic heterocycles. The number of hydrogen-bond acceptors (Lipinski definition) is 8. The summed E-state index contributed by atoms with van der Waals surface area (Å²) in [6.07, 6.45) is 1.24. The van der Waals surface area contributed by atoms with E-state index < -0.39 is 35.3 Å². The van der Waals surface area contributed by atoms with Crippen LogP contribution in [0.2, 0.25) is 0 Å². The molecular formula is C21H23N3O7. The number of rotatable bonds is 2. The van der Waals surface area contributed by atoms with Gasteiger partial charge in [-0.1, -0.05) is 0 Å². The topological polar surface area (TPSA) is 122 Å². The van der Waals surface area contributed by atoms with Crippen LogP contribution in [0.4, 0.5) is 4.79 Å². The van der Waals surface area contributed by atoms with Crippen LogP contribution in [0.3, 0.4) is 0 Å². The predicted molar refractivity (Wildman–Crippen MR) is 105 cm³/mol. The van der Waals surface area contributed by atoms with Gasteiger partial charge in [-0.15, -0.1) is 0 Å². The summed E-state index contributed by atoms with van der Waals surface area (Å²) < 4.78 is 10.8. The molecule has 1 fully saturated rings. The van der Waals surface area contributed by atoms with Crippen LogP contribution in [0.25, 0.3) is 0 Å². The van der Waals surface area contributed by atoms with Crippen LogP contribution < -0.4 is 14.8 Å². The number of amides is 4. The minimum absolute atomic E-state index is 0.0170. The second kappa shape index (κ2) is 7.16. The highest BCUT2D eigenvalue weighted by Gasteiger charge is 2.61. The number of fused-ring (bicyclic) bond motifs is 1. The summed E-state index contributed by atoms with van der Waals surface area (Å²) in [5.41, 5.74) is 0.0869. The molecule has 1 saturated heterocycles. The summed E-state index contributed by atoms with van der Waals surface area (Å²) in [6.45, 7) is 4.33. The number of esters is 2. The van der Waals surface area contributed by atoms with E-state index in [1.165, 1.54) is 20.8 Å². The lowest BCUT2D eigenvalue weighted by Crippen LogP contribution is -2.53. The van der Waals surface area contributed by atoms with E-state index >= 15 is 0 Å². The van der Waals surface area contributed by atoms with Crippen molar-refractivity contribution in [3.8, 4) is 11.5 Å². The van der Waals surface area contributed by atoms with Gasteiger partial charge in [0.25, 0.3) is 5.91 Å². The largest absolute Gasteiger partial charge is 0.423 e. The van der Waals surface area contributed by atoms with Gasteiger partial charge in [0.2, 0.25) is 5.91 Å². The van der Waals surface area contributed by atoms with Gasteiger partial charge in [0.05, 0.1) is 0 Å². The lowest BCUT2D eigenvalue weighted by atomic mass is 9.69. The Labute approximate surface area is 178 Å². The number of nitrogens with one attached hydrogen (secondary N) is 1. The molecule has 10 heteroatoms. The maximum absolute atomic E-state index is 13.2. The minimum Gasteiger partial charge on any atom is -0.423 e. The molecule has 1 aromatic carbocycles. The monoisotopic (exact) mass is 429 g/mol. The molecule has 0 aromatic heterocycles. The third-order valence-electron chi connectivity index (χ3n) is 6.16. The summed E-state index contributed by atoms with van der Waals surface area (Å²) in [4.78, 5) is 65.1. The smallest absolute Gasteiger partial charge is 0.332 e. The van der Waals surface area contributed by atoms with Crippen molar-refractivity contribution in [1.29, 1.82) is 0 Å². The Morgan fingerprint density at radius 1 is 1.13 bits per heavy atom. The Bertz CT molecular complexity index is 1050. The molecule has 2 unspecified atom stereocenters. The van der Waals surface area contributed by atoms with Crippen LogP contribution in [0, 0.1) is 0 Å². The van der Waals surface area contributed by atoms with Crippen LogP contribution in [-0.2, 0) is 31.1 Å². The van der Waals surface area contributed by atoms with Crippen molar-refractivity contribution in [2.45, 2.75) is 51.6 Å². The summed E-state index contributed by atoms with van der Waals surface area (Å²) in [7, 11) is 1.95. The van der Waals surface area contributed by atoms with Gasteiger partial charge in [-0.25, -0.2) is 9.69 Å². The van der Waals surface area contributed by atoms with E-state index in [2.05, 4.69) is 10.2 Å². The van der Waals surface area contributed by atoms with Gasteiger partial charge >= 0.3 is 18.0 Å². The number of carbonyl (C=O) groups is 5. The average Bonchev–Trinajstić information content (AvgIpc) is 2.91. The van der Waals surface area contributed by atoms with Gasteiger partial charge < -0.3 is 9.47 Å². The second-order valence-electron chi connectivity index (χ2n) is 8.10. The molecule has 1 N–H and O–H groups in total. The molecule has 10 nitrogen and oxygen atoms in total. The van der Waals surface area contributed by atoms with Crippen molar-refractivity contribution in [3.63, 3.8) is 0 Å². The molecule has 0 saturated carbocycles. The fourth-order valence-corrected chi connectivity index (χ4v) is 5.08. The number of imide groups is 2. The summed E-state index contributed by atoms with van der Waals surface area (Å²) in [5, 5.41) is 2.24. The molecule has 3 aliphatic rings. The molecule has 31 heavy (non-hydrogen) atoms. The van der Waals surface area contributed by atoms with E-state index in [1.54, 1.807) is 6.07 Å². The first-order valence-electron chi connectivity index (χ1n) is 10.0. The summed E-state index contributed by atoms with van der Waals surface area (Å²) in [6, 6.07) is 0.701. The van der Waals surface area contributed by atoms with E-state index in [0.29, 0.717) is 12.8 Å². The molecule has 1 spiro atoms. The highest BCUT2D eigenvalue weighted by molar-refractivity contribution is 6.14. The van der Waals surface area contributed by atoms with Crippen molar-refractivity contribution in [2.75, 3.05) is 13.6 Å². The molecule has 164 valence electrons. The molecule has 4 amide bonds. The summed E-state index contributed by atoms with van der Waals surface area (Å²) >= 11 is 0. The third kappa shape index (κ3) is 3.01. The first-order valence-corrected chi connectivity index (χ1v) is 10.0. The fraction of sp³-hybridized carbons (Fsp3) is 0.476. The van der Waals surface area contributed by atoms with Gasteiger partial charge in [0.1, 0.15) is 0 Å². The maximum Gasteiger partial charge on any atom is 0.332 e. The molecule has 0 bridgehead atoms. The van der Waals surface area contributed by atoms with Crippen LogP contribution >= 0.6 is 0 Å². The zero-order valence-electron chi connectivity index (χ0n) is 17.7. The van der Waals surface area contributed by atoms with Crippen molar-refractivity contribution < 1.29 is 33.4 Å². The number of benzene rings is 1. The van der Waals surface area contributed by atoms with E-state index in [9.17, 15) is 24.0 Å². The lowest BCUT2D eigenvalue weighted by Gasteiger charge is -2.47. The van der Waals surface area contributed by atoms with Crippen LogP contribution in [0.15, 0.2) is 6.07 Å². The predicted octanol–water partition coefficient (Wildman–Crippen LogP) is 1.15. The number of nitrogens with zero attached hydrogens (tertiary/aromatic N) is 2. The molecule has 0 radical (unpaired) electrons. The normalized spacial score (nSPS) is 24.6. The van der Waals surface area contributed by atoms with Gasteiger partial charge in [-0.3, -0.25) is 29.4 Å². The van der Waals surface area contributed by atoms with E-state index in [1.807, 2.05) is 7.05 Å². The Morgan fingerprint density at radius 2 is 1.81 bits per heavy atom. The first kappa shape index (κ1) is 21.0. The van der Waals surface area contributed by atoms with Gasteiger partial charge in [0.15, 0.2) is 17.0 Å². The first-order chi connectivity index (χ1) is 14.6. The Morgan fingerprint density at radius 3 is 2.42 bits per heavy atom. The SMILES string of the molecule is CC(=O)Oc1cc2c3c(c1OC(C)=O)C1(CCC3N(C)CC2)C(=O)NC(=O)N1C(C)=O. The van der Waals surface area contributed by atoms with Crippen LogP contribution in [0.1, 0.15) is 56.3 Å². The number of hydrogen-bond donors (Lipinski definition) is 1. The highest BCUT2D eigenvalue weighted by atomic mass is 16.6. The molecular weight excluding hydrogens is 406 g/mol. The minimum atomic E-state index is -1.69. The van der Waals surface area contributed by atoms with E-state index in [0.717, 1.165) is 22.6 Å². The van der Waals surface area contributed by atoms with Crippen molar-refractivity contribution in [3.05, 3.63) is 22.8 Å². The standard InChI is InChI=1S/C21H23N3O7/c1-10(25)24-20(29)22-19(28)21(24)7-5-14-16-13(6-8-23(14)4)9-15(30-11(2)26)18(17(16)21)31-12(3)27/h9,14H,5-8H2,1-4H3,(H,22,28,29). The fourth-order valence-electron chi connectivity index (χ4n) is 5.08. The van der Waals surface area contributed by atoms with Gasteiger partial charge in [0, 0.05) is 38.9 Å². The van der Waals surface area contributed by atoms with Crippen LogP contribution in [0.5, 0.6) is 11.5 Å². The van der Waals surface area contributed by atoms with Gasteiger partial charge in [-0.2, -0.15) is 0 Å². The Hall–Kier alpha value is -3.27. The molecule has 2 atom stereocenters. The quantitative estimate of drug-likeness (QED) is 0.422. The second-order valence-corrected chi connectivity index (χ2v) is 8.10. The summed E-state index contributed by atoms with van der Waals surface area (Å²) in [5.74, 6) is -2.74. The van der Waals surface area contributed by atoms with Crippen molar-refractivity contribution >= 4 is 29.8 Å². The van der Waals surface area contributed by atoms with E-state index in [4.69, 9.17) is 9.47 Å². The maximum atomic E-state index is 13.2. The number of urea groups is 1. The molecule has 1 aromatic rings. The van der Waals surface area contributed by atoms with Crippen molar-refractivity contribution in [1.82, 2.24) is 15.1 Å². The Balaban J connectivity index is 2.12. The highest BCUT2D eigenvalue weighted by Crippen LogP contribution is 2.56. The van der Waals surface area contributed by atoms with Crippen molar-refractivity contribution in [2.24, 2.45) is 0 Å². The third-order valence-corrected chi connectivity index (χ3v) is 6.16.